The molecule has 4 heterocycles. The normalized spacial score (nSPS) is 19.6. The maximum Gasteiger partial charge on any atom is 0.123 e. The van der Waals surface area contributed by atoms with Gasteiger partial charge in [-0.2, -0.15) is 0 Å². The van der Waals surface area contributed by atoms with Gasteiger partial charge in [-0.05, 0) is 353 Å². The Morgan fingerprint density at radius 3 is 1.12 bits per heavy atom. The number of hydrogen-bond donors (Lipinski definition) is 5. The van der Waals surface area contributed by atoms with Gasteiger partial charge in [0.1, 0.15) is 11.6 Å². The Kier molecular flexibility index (Phi) is 47.6. The lowest BCUT2D eigenvalue weighted by atomic mass is 9.74. The molecule has 738 valence electrons. The van der Waals surface area contributed by atoms with Gasteiger partial charge in [-0.25, -0.2) is 8.78 Å². The van der Waals surface area contributed by atoms with Gasteiger partial charge in [0.05, 0.1) is 16.8 Å². The third-order valence-electron chi connectivity index (χ3n) is 29.8. The molecule has 4 aliphatic heterocycles. The van der Waals surface area contributed by atoms with E-state index in [4.69, 9.17) is 18.9 Å². The number of ether oxygens (including phenoxy) is 4. The molecule has 0 aromatic heterocycles. The standard InChI is InChI=1S/C27H39NO.C25H34FNO.C25H35NO.C23H30FN.C23H32N2O.CH4/c1-21(2)24-12-10-23(11-13-24)20-28-16-14-25(18-22-8-6-5-7-9-22)26-15-17-29-27(3,4)19-26;1-4-25(3)17-22(14-16-28-25)24(21-9-5-19(2)6-10-21)13-15-27-18-20-7-11-23(26)12-8-20;1-20(22-12-8-5-9-13-22)26-16-14-23(18-21-10-6-4-7-11-21)24-15-17-27-25(2,3)19-24;24-23-13-11-20(12-14-23)18-25-16-15-22(21-9-5-2-6-10-21)17-19-7-3-1-4-8-19;1-25(2)22-10-8-19(9-11-22)18-24-15-12-23(20-6-4-3-5-7-20)21-13-16-26-17-14-21;/h5-13,21,25-26,28H,14-20H2,1-4H3;5-12,22,24,27H,4,13-18H2,1-3H3;4-13,20,23-24,26H,14-19H2,1-3H3;1,3-4,7-8,11-14,21-22,25H,2,5-6,9-10,15-18H2;3-11,21,23-24H,12-18H2,1-2H3;1H4. The molecule has 5 aliphatic rings. The van der Waals surface area contributed by atoms with Gasteiger partial charge >= 0.3 is 0 Å². The van der Waals surface area contributed by atoms with Crippen molar-refractivity contribution >= 4 is 5.69 Å². The quantitative estimate of drug-likeness (QED) is 0.0238. The molecular weight excluding hydrogens is 1680 g/mol. The van der Waals surface area contributed by atoms with Crippen LogP contribution in [0, 0.1) is 65.9 Å². The second kappa shape index (κ2) is 59.2. The zero-order valence-electron chi connectivity index (χ0n) is 84.7. The summed E-state index contributed by atoms with van der Waals surface area (Å²) in [6.45, 7) is 35.5. The summed E-state index contributed by atoms with van der Waals surface area (Å²) in [6.07, 6.45) is 26.9. The Hall–Kier alpha value is -8.50. The largest absolute Gasteiger partial charge is 0.381 e. The van der Waals surface area contributed by atoms with Crippen molar-refractivity contribution in [2.75, 3.05) is 84.8 Å². The Morgan fingerprint density at radius 2 is 0.699 bits per heavy atom. The Bertz CT molecular complexity index is 4770. The van der Waals surface area contributed by atoms with E-state index in [1.807, 2.05) is 24.3 Å². The molecule has 5 N–H and O–H groups in total. The summed E-state index contributed by atoms with van der Waals surface area (Å²) < 4.78 is 49.7. The summed E-state index contributed by atoms with van der Waals surface area (Å²) in [7, 11) is 4.15. The molecule has 12 heteroatoms. The van der Waals surface area contributed by atoms with E-state index in [0.29, 0.717) is 41.5 Å². The summed E-state index contributed by atoms with van der Waals surface area (Å²) >= 11 is 0. The van der Waals surface area contributed by atoms with E-state index in [1.54, 1.807) is 0 Å². The highest BCUT2D eigenvalue weighted by atomic mass is 19.1. The second-order valence-electron chi connectivity index (χ2n) is 41.8. The molecular formula is C124H174F2N6O4. The van der Waals surface area contributed by atoms with Crippen LogP contribution in [0.15, 0.2) is 273 Å². The van der Waals surface area contributed by atoms with E-state index in [-0.39, 0.29) is 35.9 Å². The predicted molar refractivity (Wildman–Crippen MR) is 571 cm³/mol. The van der Waals surface area contributed by atoms with Crippen molar-refractivity contribution in [2.24, 2.45) is 47.3 Å². The molecule has 0 spiro atoms. The molecule has 0 radical (unpaired) electrons. The van der Waals surface area contributed by atoms with E-state index in [0.717, 1.165) is 158 Å². The minimum atomic E-state index is -0.179. The van der Waals surface area contributed by atoms with Crippen molar-refractivity contribution in [2.45, 2.75) is 285 Å². The lowest BCUT2D eigenvalue weighted by Crippen LogP contribution is -2.38. The summed E-state index contributed by atoms with van der Waals surface area (Å²) in [4.78, 5) is 2.13. The second-order valence-corrected chi connectivity index (χ2v) is 41.8. The zero-order chi connectivity index (χ0) is 95.3. The van der Waals surface area contributed by atoms with Crippen molar-refractivity contribution in [3.05, 3.63) is 351 Å². The number of aryl methyl sites for hydroxylation is 1. The van der Waals surface area contributed by atoms with Crippen LogP contribution in [0.4, 0.5) is 14.5 Å². The molecule has 10 unspecified atom stereocenters. The first-order chi connectivity index (χ1) is 65.5. The molecule has 10 atom stereocenters. The van der Waals surface area contributed by atoms with Crippen LogP contribution in [0.3, 0.4) is 0 Å². The van der Waals surface area contributed by atoms with E-state index in [9.17, 15) is 8.78 Å². The van der Waals surface area contributed by atoms with E-state index >= 15 is 0 Å². The fourth-order valence-corrected chi connectivity index (χ4v) is 21.5. The summed E-state index contributed by atoms with van der Waals surface area (Å²) in [5, 5.41) is 18.2. The van der Waals surface area contributed by atoms with Crippen LogP contribution in [0.5, 0.6) is 0 Å². The molecule has 4 saturated heterocycles. The zero-order valence-corrected chi connectivity index (χ0v) is 84.7. The van der Waals surface area contributed by atoms with Gasteiger partial charge in [-0.1, -0.05) is 302 Å². The van der Waals surface area contributed by atoms with Crippen LogP contribution in [-0.4, -0.2) is 96.7 Å². The Morgan fingerprint density at radius 1 is 0.346 bits per heavy atom. The third kappa shape index (κ3) is 39.3. The van der Waals surface area contributed by atoms with Gasteiger partial charge in [0.25, 0.3) is 0 Å². The first kappa shape index (κ1) is 110. The Labute approximate surface area is 823 Å². The van der Waals surface area contributed by atoms with Crippen LogP contribution >= 0.6 is 0 Å². The minimum Gasteiger partial charge on any atom is -0.381 e. The molecule has 1 aliphatic carbocycles. The lowest BCUT2D eigenvalue weighted by Gasteiger charge is -2.41. The molecule has 1 saturated carbocycles. The maximum atomic E-state index is 13.1. The van der Waals surface area contributed by atoms with Gasteiger partial charge in [0, 0.05) is 85.0 Å². The summed E-state index contributed by atoms with van der Waals surface area (Å²) in [5.74, 6) is 7.34. The first-order valence-corrected chi connectivity index (χ1v) is 52.2. The number of anilines is 1. The minimum absolute atomic E-state index is 0. The molecule has 0 bridgehead atoms. The third-order valence-corrected chi connectivity index (χ3v) is 29.8. The molecule has 10 aromatic carbocycles. The van der Waals surface area contributed by atoms with Crippen molar-refractivity contribution in [1.29, 1.82) is 0 Å². The maximum absolute atomic E-state index is 13.1. The van der Waals surface area contributed by atoms with Crippen molar-refractivity contribution in [1.82, 2.24) is 26.6 Å². The van der Waals surface area contributed by atoms with Crippen molar-refractivity contribution in [3.63, 3.8) is 0 Å². The van der Waals surface area contributed by atoms with E-state index < -0.39 is 0 Å². The van der Waals surface area contributed by atoms with E-state index in [1.165, 1.54) is 201 Å². The topological polar surface area (TPSA) is 100 Å². The number of benzene rings is 10. The number of hydrogen-bond acceptors (Lipinski definition) is 10. The fraction of sp³-hybridized carbons (Fsp3) is 0.516. The van der Waals surface area contributed by atoms with Crippen LogP contribution in [0.1, 0.15) is 282 Å². The molecule has 10 nitrogen and oxygen atoms in total. The van der Waals surface area contributed by atoms with Gasteiger partial charge in [0.15, 0.2) is 0 Å². The number of rotatable bonds is 41. The van der Waals surface area contributed by atoms with Crippen LogP contribution in [-0.2, 0) is 64.4 Å². The van der Waals surface area contributed by atoms with Crippen LogP contribution in [0.2, 0.25) is 0 Å². The van der Waals surface area contributed by atoms with Crippen LogP contribution < -0.4 is 31.5 Å². The molecule has 136 heavy (non-hydrogen) atoms. The number of nitrogens with one attached hydrogen (secondary N) is 5. The monoisotopic (exact) mass is 1850 g/mol. The molecule has 15 rings (SSSR count). The molecule has 10 aromatic rings. The van der Waals surface area contributed by atoms with Gasteiger partial charge < -0.3 is 50.4 Å². The van der Waals surface area contributed by atoms with Crippen molar-refractivity contribution < 1.29 is 27.7 Å². The smallest absolute Gasteiger partial charge is 0.123 e. The number of halogens is 2. The highest BCUT2D eigenvalue weighted by molar-refractivity contribution is 5.46. The molecule has 0 amide bonds. The number of nitrogens with zero attached hydrogens (tertiary/aromatic N) is 1. The van der Waals surface area contributed by atoms with Gasteiger partial charge in [-0.3, -0.25) is 0 Å². The van der Waals surface area contributed by atoms with Crippen LogP contribution in [0.25, 0.3) is 0 Å². The highest BCUT2D eigenvalue weighted by Gasteiger charge is 2.38. The average molecular weight is 1850 g/mol. The van der Waals surface area contributed by atoms with Gasteiger partial charge in [0.2, 0.25) is 0 Å². The SMILES string of the molecule is C.CC(C)c1ccc(CNCCC(Cc2ccccc2)C2CCOC(C)(C)C2)cc1.CC(NCCC(Cc1ccccc1)C1CCOC(C)(C)C1)c1ccccc1.CCC1(C)CC(C(CCNCc2ccc(F)cc2)c2ccc(C)cc2)CCO1.CN(C)c1ccc(CNCCC(c2ccccc2)C2CCOCC2)cc1.Fc1ccc(CNCCC(Cc2ccccc2)C2CCCCC2)cc1. The predicted octanol–water partition coefficient (Wildman–Crippen LogP) is 29.0. The first-order valence-electron chi connectivity index (χ1n) is 52.2. The Balaban J connectivity index is 0.000000175. The van der Waals surface area contributed by atoms with Gasteiger partial charge in [-0.15, -0.1) is 0 Å². The molecule has 5 fully saturated rings. The average Bonchev–Trinajstić information content (AvgIpc) is 0.816. The lowest BCUT2D eigenvalue weighted by molar-refractivity contribution is -0.0915. The summed E-state index contributed by atoms with van der Waals surface area (Å²) in [5.41, 5.74) is 17.7. The van der Waals surface area contributed by atoms with Crippen molar-refractivity contribution in [3.8, 4) is 0 Å². The summed E-state index contributed by atoms with van der Waals surface area (Å²) in [6, 6.07) is 95.6. The highest BCUT2D eigenvalue weighted by Crippen LogP contribution is 2.44. The fourth-order valence-electron chi connectivity index (χ4n) is 21.5. The van der Waals surface area contributed by atoms with E-state index in [2.05, 4.69) is 339 Å².